The van der Waals surface area contributed by atoms with Crippen molar-refractivity contribution in [3.05, 3.63) is 16.4 Å². The number of hydrogen-bond donors (Lipinski definition) is 1. The molecule has 1 atom stereocenters. The Bertz CT molecular complexity index is 425. The Labute approximate surface area is 123 Å². The Morgan fingerprint density at radius 3 is 2.74 bits per heavy atom. The van der Waals surface area contributed by atoms with Gasteiger partial charge in [0.1, 0.15) is 6.10 Å². The van der Waals surface area contributed by atoms with Gasteiger partial charge >= 0.3 is 0 Å². The second kappa shape index (κ2) is 5.94. The zero-order valence-electron chi connectivity index (χ0n) is 11.9. The number of hydrogen-bond acceptors (Lipinski definition) is 3. The quantitative estimate of drug-likeness (QED) is 0.921. The molecule has 1 aromatic heterocycles. The number of methoxy groups -OCH3 is 1. The van der Waals surface area contributed by atoms with Gasteiger partial charge in [0.25, 0.3) is 0 Å². The summed E-state index contributed by atoms with van der Waals surface area (Å²) in [4.78, 5) is 0. The molecule has 0 aromatic carbocycles. The standard InChI is InChI=1S/C14H23BrN2O2/c1-4-17-12(11(15)9-16-17)13(18)14(19-3)7-5-10(2)6-8-14/h9-10,13,18H,4-8H2,1-3H3. The molecule has 1 unspecified atom stereocenters. The number of nitrogens with zero attached hydrogens (tertiary/aromatic N) is 2. The molecule has 1 N–H and O–H groups in total. The maximum Gasteiger partial charge on any atom is 0.126 e. The van der Waals surface area contributed by atoms with E-state index in [4.69, 9.17) is 4.74 Å². The summed E-state index contributed by atoms with van der Waals surface area (Å²) in [6.07, 6.45) is 5.10. The van der Waals surface area contributed by atoms with Crippen LogP contribution in [0.15, 0.2) is 10.7 Å². The summed E-state index contributed by atoms with van der Waals surface area (Å²) in [5, 5.41) is 15.1. The Morgan fingerprint density at radius 2 is 2.21 bits per heavy atom. The number of ether oxygens (including phenoxy) is 1. The molecule has 1 aliphatic rings. The van der Waals surface area contributed by atoms with Gasteiger partial charge in [0.05, 0.1) is 22.0 Å². The van der Waals surface area contributed by atoms with E-state index < -0.39 is 11.7 Å². The fourth-order valence-corrected chi connectivity index (χ4v) is 3.50. The number of aliphatic hydroxyl groups excluding tert-OH is 1. The highest BCUT2D eigenvalue weighted by Crippen LogP contribution is 2.44. The third-order valence-corrected chi connectivity index (χ3v) is 5.03. The Hall–Kier alpha value is -0.390. The van der Waals surface area contributed by atoms with E-state index in [0.29, 0.717) is 0 Å². The second-order valence-electron chi connectivity index (χ2n) is 5.55. The predicted octanol–water partition coefficient (Wildman–Crippen LogP) is 3.29. The van der Waals surface area contributed by atoms with Gasteiger partial charge in [0, 0.05) is 13.7 Å². The van der Waals surface area contributed by atoms with E-state index in [1.54, 1.807) is 13.3 Å². The minimum atomic E-state index is -0.637. The molecule has 2 rings (SSSR count). The molecule has 0 aliphatic heterocycles. The van der Waals surface area contributed by atoms with Crippen LogP contribution in [0.3, 0.4) is 0 Å². The summed E-state index contributed by atoms with van der Waals surface area (Å²) in [5.41, 5.74) is 0.362. The van der Waals surface area contributed by atoms with Gasteiger partial charge < -0.3 is 9.84 Å². The minimum absolute atomic E-state index is 0.470. The van der Waals surface area contributed by atoms with Crippen LogP contribution in [-0.2, 0) is 11.3 Å². The van der Waals surface area contributed by atoms with Gasteiger partial charge in [0.15, 0.2) is 0 Å². The molecular weight excluding hydrogens is 308 g/mol. The molecule has 0 saturated heterocycles. The monoisotopic (exact) mass is 330 g/mol. The zero-order chi connectivity index (χ0) is 14.0. The molecule has 5 heteroatoms. The number of rotatable bonds is 4. The number of aryl methyl sites for hydroxylation is 1. The van der Waals surface area contributed by atoms with Crippen molar-refractivity contribution in [1.82, 2.24) is 9.78 Å². The molecule has 1 heterocycles. The summed E-state index contributed by atoms with van der Waals surface area (Å²) in [6, 6.07) is 0. The smallest absolute Gasteiger partial charge is 0.126 e. The first-order valence-corrected chi connectivity index (χ1v) is 7.77. The van der Waals surface area contributed by atoms with E-state index in [2.05, 4.69) is 28.0 Å². The van der Waals surface area contributed by atoms with Crippen molar-refractivity contribution in [3.8, 4) is 0 Å². The molecule has 0 amide bonds. The summed E-state index contributed by atoms with van der Waals surface area (Å²) in [6.45, 7) is 5.03. The maximum atomic E-state index is 10.8. The predicted molar refractivity (Wildman–Crippen MR) is 77.9 cm³/mol. The molecule has 1 saturated carbocycles. The summed E-state index contributed by atoms with van der Waals surface area (Å²) < 4.78 is 8.45. The Balaban J connectivity index is 2.30. The van der Waals surface area contributed by atoms with E-state index in [9.17, 15) is 5.11 Å². The first-order chi connectivity index (χ1) is 9.04. The fraction of sp³-hybridized carbons (Fsp3) is 0.786. The molecule has 4 nitrogen and oxygen atoms in total. The van der Waals surface area contributed by atoms with E-state index >= 15 is 0 Å². The molecule has 1 aromatic rings. The molecule has 108 valence electrons. The number of aliphatic hydroxyl groups is 1. The van der Waals surface area contributed by atoms with Crippen molar-refractivity contribution >= 4 is 15.9 Å². The largest absolute Gasteiger partial charge is 0.384 e. The maximum absolute atomic E-state index is 10.8. The highest BCUT2D eigenvalue weighted by molar-refractivity contribution is 9.10. The van der Waals surface area contributed by atoms with Gasteiger partial charge in [-0.15, -0.1) is 0 Å². The van der Waals surface area contributed by atoms with Crippen LogP contribution in [0, 0.1) is 5.92 Å². The third-order valence-electron chi connectivity index (χ3n) is 4.42. The fourth-order valence-electron chi connectivity index (χ4n) is 2.98. The van der Waals surface area contributed by atoms with Gasteiger partial charge in [-0.25, -0.2) is 0 Å². The lowest BCUT2D eigenvalue weighted by atomic mass is 9.75. The van der Waals surface area contributed by atoms with E-state index in [-0.39, 0.29) is 0 Å². The Morgan fingerprint density at radius 1 is 1.58 bits per heavy atom. The van der Waals surface area contributed by atoms with Crippen molar-refractivity contribution in [1.29, 1.82) is 0 Å². The summed E-state index contributed by atoms with van der Waals surface area (Å²) >= 11 is 3.49. The van der Waals surface area contributed by atoms with Gasteiger partial charge in [0.2, 0.25) is 0 Å². The molecule has 0 spiro atoms. The molecular formula is C14H23BrN2O2. The van der Waals surface area contributed by atoms with Crippen LogP contribution in [0.1, 0.15) is 51.3 Å². The van der Waals surface area contributed by atoms with Crippen LogP contribution in [0.25, 0.3) is 0 Å². The minimum Gasteiger partial charge on any atom is -0.384 e. The van der Waals surface area contributed by atoms with Gasteiger partial charge in [-0.2, -0.15) is 5.10 Å². The number of halogens is 1. The van der Waals surface area contributed by atoms with Crippen LogP contribution in [0.5, 0.6) is 0 Å². The second-order valence-corrected chi connectivity index (χ2v) is 6.40. The lowest BCUT2D eigenvalue weighted by Gasteiger charge is -2.41. The molecule has 0 radical (unpaired) electrons. The lowest BCUT2D eigenvalue weighted by molar-refractivity contribution is -0.133. The van der Waals surface area contributed by atoms with Crippen LogP contribution < -0.4 is 0 Å². The first-order valence-electron chi connectivity index (χ1n) is 6.98. The van der Waals surface area contributed by atoms with Crippen molar-refractivity contribution in [2.24, 2.45) is 5.92 Å². The van der Waals surface area contributed by atoms with Crippen LogP contribution in [0.2, 0.25) is 0 Å². The van der Waals surface area contributed by atoms with Crippen LogP contribution in [-0.4, -0.2) is 27.6 Å². The molecule has 0 bridgehead atoms. The lowest BCUT2D eigenvalue weighted by Crippen LogP contribution is -2.42. The van der Waals surface area contributed by atoms with Crippen LogP contribution >= 0.6 is 15.9 Å². The summed E-state index contributed by atoms with van der Waals surface area (Å²) in [7, 11) is 1.71. The molecule has 1 aliphatic carbocycles. The summed E-state index contributed by atoms with van der Waals surface area (Å²) in [5.74, 6) is 0.718. The highest BCUT2D eigenvalue weighted by Gasteiger charge is 2.43. The van der Waals surface area contributed by atoms with Crippen molar-refractivity contribution in [3.63, 3.8) is 0 Å². The molecule has 1 fully saturated rings. The first kappa shape index (κ1) is 15.0. The SMILES string of the molecule is CCn1ncc(Br)c1C(O)C1(OC)CCC(C)CC1. The van der Waals surface area contributed by atoms with Crippen molar-refractivity contribution in [2.75, 3.05) is 7.11 Å². The third kappa shape index (κ3) is 2.73. The topological polar surface area (TPSA) is 47.3 Å². The Kier molecular flexibility index (Phi) is 4.69. The van der Waals surface area contributed by atoms with Gasteiger partial charge in [-0.05, 0) is 54.5 Å². The average molecular weight is 331 g/mol. The zero-order valence-corrected chi connectivity index (χ0v) is 13.5. The van der Waals surface area contributed by atoms with Gasteiger partial charge in [-0.1, -0.05) is 6.92 Å². The number of aromatic nitrogens is 2. The van der Waals surface area contributed by atoms with E-state index in [1.165, 1.54) is 0 Å². The van der Waals surface area contributed by atoms with Crippen molar-refractivity contribution in [2.45, 2.75) is 57.8 Å². The average Bonchev–Trinajstić information content (AvgIpc) is 2.80. The van der Waals surface area contributed by atoms with Crippen LogP contribution in [0.4, 0.5) is 0 Å². The molecule has 19 heavy (non-hydrogen) atoms. The van der Waals surface area contributed by atoms with Crippen molar-refractivity contribution < 1.29 is 9.84 Å². The highest BCUT2D eigenvalue weighted by atomic mass is 79.9. The van der Waals surface area contributed by atoms with E-state index in [1.807, 2.05) is 11.6 Å². The van der Waals surface area contributed by atoms with E-state index in [0.717, 1.165) is 48.3 Å². The van der Waals surface area contributed by atoms with Gasteiger partial charge in [-0.3, -0.25) is 4.68 Å². The normalized spacial score (nSPS) is 29.4.